The number of carbonyl (C=O) groups excluding carboxylic acids is 2. The summed E-state index contributed by atoms with van der Waals surface area (Å²) in [6.07, 6.45) is 1.33. The van der Waals surface area contributed by atoms with Gasteiger partial charge in [-0.25, -0.2) is 0 Å². The van der Waals surface area contributed by atoms with Gasteiger partial charge in [-0.2, -0.15) is 0 Å². The number of hydrogen-bond donors (Lipinski definition) is 1. The Morgan fingerprint density at radius 2 is 1.63 bits per heavy atom. The Balaban J connectivity index is 2.08. The number of carbonyl (C=O) groups is 2. The zero-order valence-electron chi connectivity index (χ0n) is 16.1. The molecule has 0 saturated carbocycles. The number of likely N-dealkylation sites (N-methyl/N-ethyl adjacent to an activating group) is 1. The summed E-state index contributed by atoms with van der Waals surface area (Å²) in [5.41, 5.74) is 1.16. The second-order valence-electron chi connectivity index (χ2n) is 6.24. The Morgan fingerprint density at radius 3 is 2.22 bits per heavy atom. The third kappa shape index (κ3) is 6.75. The Labute approximate surface area is 166 Å². The first-order valence-electron chi connectivity index (χ1n) is 9.44. The molecule has 4 nitrogen and oxygen atoms in total. The summed E-state index contributed by atoms with van der Waals surface area (Å²) < 4.78 is 0. The van der Waals surface area contributed by atoms with Crippen molar-refractivity contribution < 1.29 is 9.59 Å². The molecule has 0 aliphatic rings. The molecular weight excluding hydrogens is 356 g/mol. The summed E-state index contributed by atoms with van der Waals surface area (Å²) in [6.45, 7) is 4.95. The lowest BCUT2D eigenvalue weighted by atomic mass is 10.1. The maximum absolute atomic E-state index is 13.0. The van der Waals surface area contributed by atoms with Crippen LogP contribution in [0.25, 0.3) is 0 Å². The Kier molecular flexibility index (Phi) is 8.92. The van der Waals surface area contributed by atoms with E-state index in [2.05, 4.69) is 17.4 Å². The second-order valence-corrected chi connectivity index (χ2v) is 7.29. The molecule has 0 spiro atoms. The van der Waals surface area contributed by atoms with Crippen LogP contribution in [0.5, 0.6) is 0 Å². The zero-order chi connectivity index (χ0) is 19.5. The molecule has 0 radical (unpaired) electrons. The van der Waals surface area contributed by atoms with Gasteiger partial charge in [0.05, 0.1) is 5.75 Å². The predicted molar refractivity (Wildman–Crippen MR) is 112 cm³/mol. The Bertz CT molecular complexity index is 707. The van der Waals surface area contributed by atoms with Gasteiger partial charge in [-0.15, -0.1) is 11.8 Å². The fourth-order valence-corrected chi connectivity index (χ4v) is 3.74. The van der Waals surface area contributed by atoms with Gasteiger partial charge >= 0.3 is 0 Å². The molecular formula is C22H28N2O2S. The number of rotatable bonds is 10. The molecule has 2 aromatic carbocycles. The van der Waals surface area contributed by atoms with Gasteiger partial charge in [0.2, 0.25) is 11.8 Å². The van der Waals surface area contributed by atoms with Crippen LogP contribution in [0.3, 0.4) is 0 Å². The first kappa shape index (κ1) is 21.0. The van der Waals surface area contributed by atoms with Crippen LogP contribution in [0.1, 0.15) is 25.8 Å². The summed E-state index contributed by atoms with van der Waals surface area (Å²) in [6, 6.07) is 19.5. The fourth-order valence-electron chi connectivity index (χ4n) is 2.93. The molecule has 0 unspecified atom stereocenters. The molecule has 0 saturated heterocycles. The van der Waals surface area contributed by atoms with Gasteiger partial charge < -0.3 is 10.2 Å². The number of thioether (sulfide) groups is 1. The van der Waals surface area contributed by atoms with Crippen LogP contribution in [-0.2, 0) is 16.0 Å². The molecule has 0 aromatic heterocycles. The minimum Gasteiger partial charge on any atom is -0.355 e. The minimum atomic E-state index is -0.433. The van der Waals surface area contributed by atoms with Gasteiger partial charge in [0.1, 0.15) is 6.04 Å². The van der Waals surface area contributed by atoms with Crippen molar-refractivity contribution in [2.45, 2.75) is 37.6 Å². The van der Waals surface area contributed by atoms with Crippen molar-refractivity contribution in [3.63, 3.8) is 0 Å². The summed E-state index contributed by atoms with van der Waals surface area (Å²) in [7, 11) is 0. The third-order valence-corrected chi connectivity index (χ3v) is 5.32. The van der Waals surface area contributed by atoms with Crippen molar-refractivity contribution in [2.24, 2.45) is 0 Å². The van der Waals surface area contributed by atoms with Crippen LogP contribution < -0.4 is 5.32 Å². The van der Waals surface area contributed by atoms with Gasteiger partial charge in [0.15, 0.2) is 0 Å². The van der Waals surface area contributed by atoms with E-state index in [0.29, 0.717) is 25.3 Å². The van der Waals surface area contributed by atoms with Crippen LogP contribution in [0, 0.1) is 0 Å². The lowest BCUT2D eigenvalue weighted by Gasteiger charge is -2.30. The van der Waals surface area contributed by atoms with E-state index in [9.17, 15) is 9.59 Å². The molecule has 27 heavy (non-hydrogen) atoms. The van der Waals surface area contributed by atoms with Crippen molar-refractivity contribution in [3.05, 3.63) is 66.2 Å². The molecule has 2 aromatic rings. The largest absolute Gasteiger partial charge is 0.355 e. The highest BCUT2D eigenvalue weighted by Gasteiger charge is 2.27. The number of nitrogens with one attached hydrogen (secondary N) is 1. The highest BCUT2D eigenvalue weighted by Crippen LogP contribution is 2.19. The van der Waals surface area contributed by atoms with E-state index in [-0.39, 0.29) is 11.8 Å². The SMILES string of the molecule is CCNC(=O)[C@H](CC)N(CCc1ccccc1)C(=O)CSc1ccccc1. The topological polar surface area (TPSA) is 49.4 Å². The van der Waals surface area contributed by atoms with E-state index >= 15 is 0 Å². The monoisotopic (exact) mass is 384 g/mol. The van der Waals surface area contributed by atoms with Crippen molar-refractivity contribution in [2.75, 3.05) is 18.8 Å². The molecule has 1 atom stereocenters. The van der Waals surface area contributed by atoms with Gasteiger partial charge in [0, 0.05) is 18.0 Å². The molecule has 2 amide bonds. The second kappa shape index (κ2) is 11.4. The fraction of sp³-hybridized carbons (Fsp3) is 0.364. The number of hydrogen-bond acceptors (Lipinski definition) is 3. The molecule has 0 heterocycles. The highest BCUT2D eigenvalue weighted by molar-refractivity contribution is 8.00. The number of benzene rings is 2. The van der Waals surface area contributed by atoms with Crippen molar-refractivity contribution in [3.8, 4) is 0 Å². The van der Waals surface area contributed by atoms with Gasteiger partial charge in [-0.3, -0.25) is 9.59 Å². The van der Waals surface area contributed by atoms with E-state index in [1.165, 1.54) is 11.8 Å². The molecule has 144 valence electrons. The summed E-state index contributed by atoms with van der Waals surface area (Å²) in [4.78, 5) is 28.3. The van der Waals surface area contributed by atoms with Crippen molar-refractivity contribution >= 4 is 23.6 Å². The quantitative estimate of drug-likeness (QED) is 0.635. The maximum Gasteiger partial charge on any atom is 0.242 e. The van der Waals surface area contributed by atoms with E-state index in [1.807, 2.05) is 62.4 Å². The Hall–Kier alpha value is -2.27. The van der Waals surface area contributed by atoms with Gasteiger partial charge in [-0.05, 0) is 37.5 Å². The third-order valence-electron chi connectivity index (χ3n) is 4.33. The molecule has 0 aliphatic carbocycles. The summed E-state index contributed by atoms with van der Waals surface area (Å²) >= 11 is 1.51. The van der Waals surface area contributed by atoms with E-state index in [1.54, 1.807) is 4.90 Å². The van der Waals surface area contributed by atoms with E-state index in [0.717, 1.165) is 16.9 Å². The van der Waals surface area contributed by atoms with Crippen molar-refractivity contribution in [1.29, 1.82) is 0 Å². The number of amides is 2. The molecule has 0 aliphatic heterocycles. The van der Waals surface area contributed by atoms with Crippen LogP contribution in [0.4, 0.5) is 0 Å². The standard InChI is InChI=1S/C22H28N2O2S/c1-3-20(22(26)23-4-2)24(16-15-18-11-7-5-8-12-18)21(25)17-27-19-13-9-6-10-14-19/h5-14,20H,3-4,15-17H2,1-2H3,(H,23,26)/t20-/m0/s1. The Morgan fingerprint density at radius 1 is 1.00 bits per heavy atom. The predicted octanol–water partition coefficient (Wildman–Crippen LogP) is 3.76. The summed E-state index contributed by atoms with van der Waals surface area (Å²) in [5.74, 6) is 0.248. The number of nitrogens with zero attached hydrogens (tertiary/aromatic N) is 1. The van der Waals surface area contributed by atoms with E-state index in [4.69, 9.17) is 0 Å². The average Bonchev–Trinajstić information content (AvgIpc) is 2.71. The normalized spacial score (nSPS) is 11.6. The summed E-state index contributed by atoms with van der Waals surface area (Å²) in [5, 5.41) is 2.86. The average molecular weight is 385 g/mol. The molecule has 0 fully saturated rings. The molecule has 0 bridgehead atoms. The smallest absolute Gasteiger partial charge is 0.242 e. The van der Waals surface area contributed by atoms with Crippen LogP contribution in [0.2, 0.25) is 0 Å². The van der Waals surface area contributed by atoms with Gasteiger partial charge in [-0.1, -0.05) is 55.5 Å². The zero-order valence-corrected chi connectivity index (χ0v) is 16.9. The van der Waals surface area contributed by atoms with Gasteiger partial charge in [0.25, 0.3) is 0 Å². The lowest BCUT2D eigenvalue weighted by molar-refractivity contribution is -0.138. The first-order valence-corrected chi connectivity index (χ1v) is 10.4. The van der Waals surface area contributed by atoms with E-state index < -0.39 is 6.04 Å². The van der Waals surface area contributed by atoms with Crippen LogP contribution in [-0.4, -0.2) is 41.6 Å². The lowest BCUT2D eigenvalue weighted by Crippen LogP contribution is -2.50. The molecule has 1 N–H and O–H groups in total. The van der Waals surface area contributed by atoms with Crippen LogP contribution in [0.15, 0.2) is 65.6 Å². The maximum atomic E-state index is 13.0. The minimum absolute atomic E-state index is 0.00196. The molecule has 5 heteroatoms. The molecule has 2 rings (SSSR count). The first-order chi connectivity index (χ1) is 13.2. The van der Waals surface area contributed by atoms with Crippen LogP contribution >= 0.6 is 11.8 Å². The highest BCUT2D eigenvalue weighted by atomic mass is 32.2. The van der Waals surface area contributed by atoms with Crippen molar-refractivity contribution in [1.82, 2.24) is 10.2 Å².